The Balaban J connectivity index is 2.54. The molecule has 17 heavy (non-hydrogen) atoms. The number of aryl methyl sites for hydroxylation is 1. The average molecular weight is 234 g/mol. The standard InChI is InChI=1S/C15H22O2/c1-3-7-14(16)11-10-13-8-5-6-9-15(13)17-12-4-2/h5-6,8-9H,3-4,7,10-12H2,1-2H3. The molecule has 0 aliphatic carbocycles. The molecule has 1 rings (SSSR count). The van der Waals surface area contributed by atoms with Crippen LogP contribution in [0.3, 0.4) is 0 Å². The number of ketones is 1. The summed E-state index contributed by atoms with van der Waals surface area (Å²) in [5, 5.41) is 0. The van der Waals surface area contributed by atoms with Gasteiger partial charge in [-0.05, 0) is 30.9 Å². The van der Waals surface area contributed by atoms with E-state index >= 15 is 0 Å². The number of hydrogen-bond acceptors (Lipinski definition) is 2. The van der Waals surface area contributed by atoms with Crippen molar-refractivity contribution in [1.82, 2.24) is 0 Å². The summed E-state index contributed by atoms with van der Waals surface area (Å²) in [5.74, 6) is 1.27. The Hall–Kier alpha value is -1.31. The number of hydrogen-bond donors (Lipinski definition) is 0. The van der Waals surface area contributed by atoms with Crippen LogP contribution in [-0.4, -0.2) is 12.4 Å². The molecule has 0 spiro atoms. The van der Waals surface area contributed by atoms with Gasteiger partial charge in [-0.15, -0.1) is 0 Å². The maximum absolute atomic E-state index is 11.5. The minimum Gasteiger partial charge on any atom is -0.493 e. The molecule has 0 saturated heterocycles. The second kappa shape index (κ2) is 7.88. The Morgan fingerprint density at radius 2 is 1.88 bits per heavy atom. The Morgan fingerprint density at radius 3 is 2.59 bits per heavy atom. The van der Waals surface area contributed by atoms with Crippen LogP contribution in [-0.2, 0) is 11.2 Å². The van der Waals surface area contributed by atoms with Gasteiger partial charge in [-0.1, -0.05) is 32.0 Å². The van der Waals surface area contributed by atoms with Gasteiger partial charge in [-0.2, -0.15) is 0 Å². The molecule has 0 amide bonds. The van der Waals surface area contributed by atoms with Crippen LogP contribution in [0.1, 0.15) is 45.1 Å². The minimum absolute atomic E-state index is 0.345. The van der Waals surface area contributed by atoms with Crippen LogP contribution in [0, 0.1) is 0 Å². The first-order valence-corrected chi connectivity index (χ1v) is 6.50. The lowest BCUT2D eigenvalue weighted by atomic mass is 10.0. The van der Waals surface area contributed by atoms with Gasteiger partial charge in [0.25, 0.3) is 0 Å². The molecule has 0 aliphatic rings. The lowest BCUT2D eigenvalue weighted by molar-refractivity contribution is -0.119. The monoisotopic (exact) mass is 234 g/mol. The molecule has 0 atom stereocenters. The number of ether oxygens (including phenoxy) is 1. The van der Waals surface area contributed by atoms with Crippen LogP contribution < -0.4 is 4.74 Å². The Labute approximate surface area is 104 Å². The number of carbonyl (C=O) groups is 1. The van der Waals surface area contributed by atoms with Crippen molar-refractivity contribution in [3.63, 3.8) is 0 Å². The molecule has 0 N–H and O–H groups in total. The molecule has 0 aliphatic heterocycles. The number of carbonyl (C=O) groups excluding carboxylic acids is 1. The number of para-hydroxylation sites is 1. The van der Waals surface area contributed by atoms with Crippen LogP contribution in [0.25, 0.3) is 0 Å². The quantitative estimate of drug-likeness (QED) is 0.684. The van der Waals surface area contributed by atoms with E-state index in [4.69, 9.17) is 4.74 Å². The first-order chi connectivity index (χ1) is 8.27. The summed E-state index contributed by atoms with van der Waals surface area (Å²) in [5.41, 5.74) is 1.14. The van der Waals surface area contributed by atoms with Crippen LogP contribution in [0.4, 0.5) is 0 Å². The number of Topliss-reactive ketones (excluding diaryl/α,β-unsaturated/α-hetero) is 1. The van der Waals surface area contributed by atoms with Gasteiger partial charge in [-0.3, -0.25) is 4.79 Å². The summed E-state index contributed by atoms with van der Waals surface area (Å²) in [7, 11) is 0. The van der Waals surface area contributed by atoms with Crippen LogP contribution in [0.5, 0.6) is 5.75 Å². The summed E-state index contributed by atoms with van der Waals surface area (Å²) in [6.07, 6.45) is 4.05. The summed E-state index contributed by atoms with van der Waals surface area (Å²) in [6, 6.07) is 8.00. The first-order valence-electron chi connectivity index (χ1n) is 6.50. The van der Waals surface area contributed by atoms with E-state index in [1.807, 2.05) is 31.2 Å². The molecular weight excluding hydrogens is 212 g/mol. The summed E-state index contributed by atoms with van der Waals surface area (Å²) in [6.45, 7) is 4.86. The highest BCUT2D eigenvalue weighted by Crippen LogP contribution is 2.20. The van der Waals surface area contributed by atoms with Gasteiger partial charge in [-0.25, -0.2) is 0 Å². The molecule has 2 heteroatoms. The van der Waals surface area contributed by atoms with Crippen molar-refractivity contribution >= 4 is 5.78 Å². The van der Waals surface area contributed by atoms with E-state index in [1.54, 1.807) is 0 Å². The molecule has 94 valence electrons. The third-order valence-corrected chi connectivity index (χ3v) is 2.64. The normalized spacial score (nSPS) is 10.2. The highest BCUT2D eigenvalue weighted by molar-refractivity contribution is 5.78. The van der Waals surface area contributed by atoms with E-state index in [9.17, 15) is 4.79 Å². The first kappa shape index (κ1) is 13.8. The van der Waals surface area contributed by atoms with E-state index in [0.717, 1.165) is 37.2 Å². The molecule has 1 aromatic rings. The van der Waals surface area contributed by atoms with Gasteiger partial charge < -0.3 is 4.74 Å². The van der Waals surface area contributed by atoms with Gasteiger partial charge in [0, 0.05) is 12.8 Å². The van der Waals surface area contributed by atoms with Gasteiger partial charge in [0.2, 0.25) is 0 Å². The van der Waals surface area contributed by atoms with Crippen molar-refractivity contribution in [2.24, 2.45) is 0 Å². The van der Waals surface area contributed by atoms with Crippen molar-refractivity contribution in [2.75, 3.05) is 6.61 Å². The molecule has 1 aromatic carbocycles. The smallest absolute Gasteiger partial charge is 0.133 e. The second-order valence-electron chi connectivity index (χ2n) is 4.24. The van der Waals surface area contributed by atoms with Crippen molar-refractivity contribution in [3.05, 3.63) is 29.8 Å². The molecule has 0 saturated carbocycles. The third-order valence-electron chi connectivity index (χ3n) is 2.64. The fourth-order valence-electron chi connectivity index (χ4n) is 1.74. The number of benzene rings is 1. The fraction of sp³-hybridized carbons (Fsp3) is 0.533. The Kier molecular flexibility index (Phi) is 6.38. The predicted molar refractivity (Wildman–Crippen MR) is 70.5 cm³/mol. The highest BCUT2D eigenvalue weighted by Gasteiger charge is 2.06. The molecule has 0 radical (unpaired) electrons. The maximum atomic E-state index is 11.5. The van der Waals surface area contributed by atoms with Crippen LogP contribution in [0.15, 0.2) is 24.3 Å². The lowest BCUT2D eigenvalue weighted by Crippen LogP contribution is -2.02. The lowest BCUT2D eigenvalue weighted by Gasteiger charge is -2.10. The zero-order valence-electron chi connectivity index (χ0n) is 10.9. The van der Waals surface area contributed by atoms with E-state index < -0.39 is 0 Å². The van der Waals surface area contributed by atoms with Gasteiger partial charge in [0.1, 0.15) is 11.5 Å². The Morgan fingerprint density at radius 1 is 1.12 bits per heavy atom. The van der Waals surface area contributed by atoms with Crippen LogP contribution in [0.2, 0.25) is 0 Å². The molecule has 0 unspecified atom stereocenters. The van der Waals surface area contributed by atoms with Gasteiger partial charge in [0.05, 0.1) is 6.61 Å². The highest BCUT2D eigenvalue weighted by atomic mass is 16.5. The van der Waals surface area contributed by atoms with E-state index in [1.165, 1.54) is 0 Å². The zero-order chi connectivity index (χ0) is 12.5. The summed E-state index contributed by atoms with van der Waals surface area (Å²) >= 11 is 0. The van der Waals surface area contributed by atoms with Crippen molar-refractivity contribution in [1.29, 1.82) is 0 Å². The van der Waals surface area contributed by atoms with Crippen LogP contribution >= 0.6 is 0 Å². The van der Waals surface area contributed by atoms with E-state index in [-0.39, 0.29) is 0 Å². The van der Waals surface area contributed by atoms with Crippen molar-refractivity contribution in [2.45, 2.75) is 46.0 Å². The second-order valence-corrected chi connectivity index (χ2v) is 4.24. The third kappa shape index (κ3) is 5.03. The van der Waals surface area contributed by atoms with Crippen molar-refractivity contribution in [3.8, 4) is 5.75 Å². The van der Waals surface area contributed by atoms with Gasteiger partial charge >= 0.3 is 0 Å². The summed E-state index contributed by atoms with van der Waals surface area (Å²) in [4.78, 5) is 11.5. The SMILES string of the molecule is CCCOc1ccccc1CCC(=O)CCC. The topological polar surface area (TPSA) is 26.3 Å². The van der Waals surface area contributed by atoms with E-state index in [2.05, 4.69) is 6.92 Å². The largest absolute Gasteiger partial charge is 0.493 e. The Bertz CT molecular complexity index is 345. The summed E-state index contributed by atoms with van der Waals surface area (Å²) < 4.78 is 5.67. The fourth-order valence-corrected chi connectivity index (χ4v) is 1.74. The molecule has 2 nitrogen and oxygen atoms in total. The zero-order valence-corrected chi connectivity index (χ0v) is 10.9. The molecule has 0 aromatic heterocycles. The van der Waals surface area contributed by atoms with Crippen molar-refractivity contribution < 1.29 is 9.53 Å². The molecule has 0 fully saturated rings. The van der Waals surface area contributed by atoms with Gasteiger partial charge in [0.15, 0.2) is 0 Å². The molecular formula is C15H22O2. The molecule has 0 bridgehead atoms. The van der Waals surface area contributed by atoms with E-state index in [0.29, 0.717) is 18.6 Å². The number of rotatable bonds is 8. The maximum Gasteiger partial charge on any atom is 0.133 e. The average Bonchev–Trinajstić information content (AvgIpc) is 2.35. The molecule has 0 heterocycles. The predicted octanol–water partition coefficient (Wildman–Crippen LogP) is 3.78. The minimum atomic E-state index is 0.345.